The van der Waals surface area contributed by atoms with Crippen molar-refractivity contribution in [3.63, 3.8) is 0 Å². The predicted octanol–water partition coefficient (Wildman–Crippen LogP) is 3.54. The van der Waals surface area contributed by atoms with Crippen molar-refractivity contribution in [1.82, 2.24) is 14.9 Å². The van der Waals surface area contributed by atoms with E-state index in [-0.39, 0.29) is 35.5 Å². The molecule has 12 nitrogen and oxygen atoms in total. The van der Waals surface area contributed by atoms with E-state index in [2.05, 4.69) is 15.3 Å². The normalized spacial score (nSPS) is 15.1. The summed E-state index contributed by atoms with van der Waals surface area (Å²) >= 11 is 0. The van der Waals surface area contributed by atoms with Gasteiger partial charge in [-0.1, -0.05) is 0 Å². The molecule has 4 rings (SSSR count). The second-order valence-electron chi connectivity index (χ2n) is 8.56. The maximum atomic E-state index is 13.2. The Morgan fingerprint density at radius 2 is 2.21 bits per heavy atom. The average Bonchev–Trinajstić information content (AvgIpc) is 3.11. The summed E-state index contributed by atoms with van der Waals surface area (Å²) in [6, 6.07) is 4.78. The van der Waals surface area contributed by atoms with Crippen LogP contribution in [-0.4, -0.2) is 59.6 Å². The molecule has 1 N–H and O–H groups in total. The molecular formula is C26H26N6O6. The van der Waals surface area contributed by atoms with Gasteiger partial charge < -0.3 is 14.2 Å². The number of aldehydes is 1. The molecule has 0 aliphatic carbocycles. The number of carbonyl (C=O) groups is 3. The molecule has 2 aliphatic rings. The molecule has 0 unspecified atom stereocenters. The van der Waals surface area contributed by atoms with Gasteiger partial charge in [0.2, 0.25) is 0 Å². The van der Waals surface area contributed by atoms with Crippen LogP contribution >= 0.6 is 0 Å². The van der Waals surface area contributed by atoms with E-state index in [0.29, 0.717) is 43.7 Å². The monoisotopic (exact) mass is 518 g/mol. The number of pyridine rings is 2. The van der Waals surface area contributed by atoms with Crippen LogP contribution in [0.2, 0.25) is 0 Å². The van der Waals surface area contributed by atoms with Crippen LogP contribution < -0.4 is 15.0 Å². The second-order valence-corrected chi connectivity index (χ2v) is 8.56. The van der Waals surface area contributed by atoms with Gasteiger partial charge >= 0.3 is 12.1 Å². The van der Waals surface area contributed by atoms with Crippen LogP contribution in [0.5, 0.6) is 5.75 Å². The molecule has 0 spiro atoms. The van der Waals surface area contributed by atoms with Gasteiger partial charge in [0.05, 0.1) is 25.6 Å². The van der Waals surface area contributed by atoms with E-state index in [4.69, 9.17) is 14.2 Å². The average molecular weight is 519 g/mol. The maximum Gasteiger partial charge on any atom is 0.418 e. The Morgan fingerprint density at radius 1 is 1.37 bits per heavy atom. The summed E-state index contributed by atoms with van der Waals surface area (Å²) in [5, 5.41) is 12.1. The molecule has 1 atom stereocenters. The highest BCUT2D eigenvalue weighted by Gasteiger charge is 2.27. The molecule has 2 aliphatic heterocycles. The molecule has 0 saturated carbocycles. The van der Waals surface area contributed by atoms with Crippen molar-refractivity contribution in [2.75, 3.05) is 30.5 Å². The van der Waals surface area contributed by atoms with Crippen molar-refractivity contribution in [2.24, 2.45) is 0 Å². The highest BCUT2D eigenvalue weighted by molar-refractivity contribution is 6.01. The lowest BCUT2D eigenvalue weighted by molar-refractivity contribution is 0.0919. The minimum Gasteiger partial charge on any atom is -0.487 e. The first-order valence-electron chi connectivity index (χ1n) is 11.9. The summed E-state index contributed by atoms with van der Waals surface area (Å²) in [7, 11) is 1.55. The molecule has 12 heteroatoms. The number of hydrogen-bond donors (Lipinski definition) is 1. The molecular weight excluding hydrogens is 492 g/mol. The molecule has 0 fully saturated rings. The number of urea groups is 1. The molecule has 196 valence electrons. The van der Waals surface area contributed by atoms with Gasteiger partial charge in [0.15, 0.2) is 6.29 Å². The van der Waals surface area contributed by atoms with E-state index in [9.17, 15) is 19.6 Å². The van der Waals surface area contributed by atoms with Crippen LogP contribution in [0.25, 0.3) is 0 Å². The molecule has 38 heavy (non-hydrogen) atoms. The van der Waals surface area contributed by atoms with Gasteiger partial charge in [-0.05, 0) is 43.5 Å². The zero-order chi connectivity index (χ0) is 27.1. The third-order valence-electron chi connectivity index (χ3n) is 5.78. The lowest BCUT2D eigenvalue weighted by Gasteiger charge is -2.29. The zero-order valence-electron chi connectivity index (χ0n) is 20.9. The topological polar surface area (TPSA) is 147 Å². The molecule has 4 heterocycles. The number of amides is 3. The molecule has 0 radical (unpaired) electrons. The Labute approximate surface area is 219 Å². The van der Waals surface area contributed by atoms with Crippen LogP contribution in [0, 0.1) is 11.3 Å². The van der Waals surface area contributed by atoms with Crippen molar-refractivity contribution >= 4 is 30.0 Å². The number of fused-ring (bicyclic) bond motifs is 1. The number of nitrogens with one attached hydrogen (secondary N) is 1. The molecule has 3 amide bonds. The number of rotatable bonds is 8. The predicted molar refractivity (Wildman–Crippen MR) is 136 cm³/mol. The number of hydrogen-bond acceptors (Lipinski definition) is 9. The number of cyclic esters (lactones) is 1. The van der Waals surface area contributed by atoms with Gasteiger partial charge in [0, 0.05) is 31.5 Å². The Morgan fingerprint density at radius 3 is 2.97 bits per heavy atom. The Kier molecular flexibility index (Phi) is 8.30. The Hall–Kier alpha value is -4.76. The van der Waals surface area contributed by atoms with Gasteiger partial charge in [-0.2, -0.15) is 5.26 Å². The van der Waals surface area contributed by atoms with E-state index in [1.54, 1.807) is 38.5 Å². The number of allylic oxidation sites excluding steroid dienone is 2. The highest BCUT2D eigenvalue weighted by Crippen LogP contribution is 2.29. The molecule has 2 aromatic rings. The maximum absolute atomic E-state index is 13.2. The number of aryl methyl sites for hydroxylation is 1. The van der Waals surface area contributed by atoms with Crippen LogP contribution in [0.4, 0.5) is 21.2 Å². The van der Waals surface area contributed by atoms with Gasteiger partial charge in [0.1, 0.15) is 40.8 Å². The number of anilines is 2. The summed E-state index contributed by atoms with van der Waals surface area (Å²) in [5.41, 5.74) is 1.63. The standard InChI is InChI=1S/C26H26N6O6/c1-17(16-36-2)38-22-11-23(28-13-20(22)12-27)30-25(34)32-8-5-6-18-10-19(21(15-33)29-24(18)32)14-31-7-3-4-9-37-26(31)35/h3-4,7,9-11,13,15,17H,5-6,8,14,16H2,1-2H3,(H,28,30,34)/t17-/m1/s1. The fourth-order valence-corrected chi connectivity index (χ4v) is 4.06. The van der Waals surface area contributed by atoms with E-state index >= 15 is 0 Å². The van der Waals surface area contributed by atoms with Gasteiger partial charge in [-0.3, -0.25) is 19.9 Å². The second kappa shape index (κ2) is 12.0. The van der Waals surface area contributed by atoms with Crippen LogP contribution in [0.15, 0.2) is 42.9 Å². The van der Waals surface area contributed by atoms with Crippen molar-refractivity contribution in [3.8, 4) is 11.8 Å². The van der Waals surface area contributed by atoms with Crippen molar-refractivity contribution in [2.45, 2.75) is 32.4 Å². The summed E-state index contributed by atoms with van der Waals surface area (Å²) in [4.78, 5) is 48.7. The van der Waals surface area contributed by atoms with Gasteiger partial charge in [-0.25, -0.2) is 19.6 Å². The van der Waals surface area contributed by atoms with Gasteiger partial charge in [-0.15, -0.1) is 0 Å². The lowest BCUT2D eigenvalue weighted by Crippen LogP contribution is -2.40. The highest BCUT2D eigenvalue weighted by atomic mass is 16.5. The first kappa shape index (κ1) is 26.3. The van der Waals surface area contributed by atoms with Crippen LogP contribution in [0.3, 0.4) is 0 Å². The first-order valence-corrected chi connectivity index (χ1v) is 11.9. The molecule has 2 aromatic heterocycles. The minimum absolute atomic E-state index is 0.0804. The number of ether oxygens (including phenoxy) is 3. The third-order valence-corrected chi connectivity index (χ3v) is 5.78. The number of nitrogens with zero attached hydrogens (tertiary/aromatic N) is 5. The Bertz CT molecular complexity index is 1330. The van der Waals surface area contributed by atoms with Crippen molar-refractivity contribution in [1.29, 1.82) is 5.26 Å². The van der Waals surface area contributed by atoms with E-state index in [1.165, 1.54) is 28.3 Å². The van der Waals surface area contributed by atoms with E-state index in [1.807, 2.05) is 6.07 Å². The van der Waals surface area contributed by atoms with Crippen molar-refractivity contribution < 1.29 is 28.6 Å². The molecule has 0 bridgehead atoms. The Balaban J connectivity index is 1.56. The van der Waals surface area contributed by atoms with Crippen molar-refractivity contribution in [3.05, 3.63) is 65.3 Å². The number of aromatic nitrogens is 2. The quantitative estimate of drug-likeness (QED) is 0.518. The fourth-order valence-electron chi connectivity index (χ4n) is 4.06. The van der Waals surface area contributed by atoms with Crippen LogP contribution in [-0.2, 0) is 22.4 Å². The van der Waals surface area contributed by atoms with Gasteiger partial charge in [0.25, 0.3) is 0 Å². The minimum atomic E-state index is -0.583. The summed E-state index contributed by atoms with van der Waals surface area (Å²) < 4.78 is 15.8. The smallest absolute Gasteiger partial charge is 0.418 e. The zero-order valence-corrected chi connectivity index (χ0v) is 20.9. The summed E-state index contributed by atoms with van der Waals surface area (Å²) in [6.07, 6.45) is 8.38. The summed E-state index contributed by atoms with van der Waals surface area (Å²) in [5.74, 6) is 0.811. The molecule has 0 aromatic carbocycles. The van der Waals surface area contributed by atoms with E-state index in [0.717, 1.165) is 5.56 Å². The number of nitriles is 1. The first-order chi connectivity index (χ1) is 18.4. The SMILES string of the molecule is COC[C@@H](C)Oc1cc(NC(=O)N2CCCc3cc(CN4C=CC=COC4=O)c(C=O)nc32)ncc1C#N. The number of methoxy groups -OCH3 is 1. The van der Waals surface area contributed by atoms with Crippen LogP contribution in [0.1, 0.15) is 40.5 Å². The van der Waals surface area contributed by atoms with E-state index < -0.39 is 12.1 Å². The largest absolute Gasteiger partial charge is 0.487 e. The fraction of sp³-hybridized carbons (Fsp3) is 0.308. The third kappa shape index (κ3) is 5.96. The summed E-state index contributed by atoms with van der Waals surface area (Å²) in [6.45, 7) is 2.57. The molecule has 0 saturated heterocycles. The lowest BCUT2D eigenvalue weighted by atomic mass is 10.0. The number of carbonyl (C=O) groups excluding carboxylic acids is 3.